The Morgan fingerprint density at radius 2 is 1.96 bits per heavy atom. The van der Waals surface area contributed by atoms with Gasteiger partial charge in [-0.05, 0) is 49.8 Å². The van der Waals surface area contributed by atoms with Crippen LogP contribution in [-0.4, -0.2) is 43.5 Å². The highest BCUT2D eigenvalue weighted by Crippen LogP contribution is 2.50. The van der Waals surface area contributed by atoms with Crippen molar-refractivity contribution in [3.8, 4) is 5.75 Å². The summed E-state index contributed by atoms with van der Waals surface area (Å²) in [6.45, 7) is 0.687. The Bertz CT molecular complexity index is 710. The molecule has 1 aromatic rings. The first-order valence-electron chi connectivity index (χ1n) is 9.69. The third-order valence-corrected chi connectivity index (χ3v) is 6.99. The molecule has 1 aliphatic heterocycles. The molecule has 1 N–H and O–H groups in total. The highest BCUT2D eigenvalue weighted by Gasteiger charge is 2.53. The topological polar surface area (TPSA) is 58.6 Å². The van der Waals surface area contributed by atoms with Gasteiger partial charge in [0.2, 0.25) is 11.8 Å². The lowest BCUT2D eigenvalue weighted by atomic mass is 9.74. The monoisotopic (exact) mass is 356 g/mol. The van der Waals surface area contributed by atoms with E-state index in [1.807, 2.05) is 36.2 Å². The molecule has 5 heteroatoms. The van der Waals surface area contributed by atoms with Crippen molar-refractivity contribution in [2.75, 3.05) is 20.7 Å². The van der Waals surface area contributed by atoms with Crippen molar-refractivity contribution in [1.29, 1.82) is 0 Å². The van der Waals surface area contributed by atoms with Gasteiger partial charge in [-0.15, -0.1) is 0 Å². The van der Waals surface area contributed by atoms with E-state index in [4.69, 9.17) is 4.74 Å². The van der Waals surface area contributed by atoms with Crippen molar-refractivity contribution in [3.05, 3.63) is 29.8 Å². The van der Waals surface area contributed by atoms with Crippen LogP contribution < -0.4 is 10.1 Å². The van der Waals surface area contributed by atoms with Crippen molar-refractivity contribution in [1.82, 2.24) is 10.2 Å². The average molecular weight is 356 g/mol. The smallest absolute Gasteiger partial charge is 0.230 e. The Labute approximate surface area is 155 Å². The number of piperidine rings is 1. The third kappa shape index (κ3) is 2.68. The zero-order chi connectivity index (χ0) is 18.4. The standard InChI is InChI=1S/C21H28N2O3/c1-23-17-4-3-10-20(17,11-9-18(23)24)14-22-19(25)21(12-13-21)15-5-7-16(26-2)8-6-15/h5-8,17H,3-4,9-14H2,1-2H3,(H,22,25). The first-order valence-corrected chi connectivity index (χ1v) is 9.69. The first kappa shape index (κ1) is 17.4. The van der Waals surface area contributed by atoms with Crippen LogP contribution in [0.1, 0.15) is 50.5 Å². The van der Waals surface area contributed by atoms with Gasteiger partial charge >= 0.3 is 0 Å². The molecule has 2 amide bonds. The minimum absolute atomic E-state index is 0.0638. The Kier molecular flexibility index (Phi) is 4.20. The molecule has 2 unspecified atom stereocenters. The molecule has 2 atom stereocenters. The number of amides is 2. The van der Waals surface area contributed by atoms with E-state index in [-0.39, 0.29) is 28.7 Å². The highest BCUT2D eigenvalue weighted by molar-refractivity contribution is 5.91. The summed E-state index contributed by atoms with van der Waals surface area (Å²) in [7, 11) is 3.58. The first-order chi connectivity index (χ1) is 12.5. The van der Waals surface area contributed by atoms with Crippen LogP contribution in [-0.2, 0) is 15.0 Å². The molecule has 26 heavy (non-hydrogen) atoms. The van der Waals surface area contributed by atoms with Gasteiger partial charge in [0.25, 0.3) is 0 Å². The van der Waals surface area contributed by atoms with Crippen molar-refractivity contribution in [2.24, 2.45) is 5.41 Å². The molecule has 5 nitrogen and oxygen atoms in total. The van der Waals surface area contributed by atoms with Gasteiger partial charge in [-0.1, -0.05) is 18.6 Å². The van der Waals surface area contributed by atoms with Crippen molar-refractivity contribution < 1.29 is 14.3 Å². The molecule has 0 bridgehead atoms. The molecule has 3 fully saturated rings. The van der Waals surface area contributed by atoms with E-state index >= 15 is 0 Å². The number of likely N-dealkylation sites (tertiary alicyclic amines) is 1. The third-order valence-electron chi connectivity index (χ3n) is 6.99. The van der Waals surface area contributed by atoms with E-state index in [0.29, 0.717) is 13.0 Å². The second kappa shape index (κ2) is 6.29. The van der Waals surface area contributed by atoms with E-state index in [0.717, 1.165) is 49.8 Å². The Morgan fingerprint density at radius 1 is 1.23 bits per heavy atom. The predicted molar refractivity (Wildman–Crippen MR) is 99.0 cm³/mol. The fourth-order valence-corrected chi connectivity index (χ4v) is 5.12. The summed E-state index contributed by atoms with van der Waals surface area (Å²) in [5.41, 5.74) is 0.772. The molecule has 3 aliphatic rings. The SMILES string of the molecule is COc1ccc(C2(C(=O)NCC34CCCC3N(C)C(=O)CC4)CC2)cc1. The lowest BCUT2D eigenvalue weighted by molar-refractivity contribution is -0.139. The maximum Gasteiger partial charge on any atom is 0.230 e. The number of hydrogen-bond donors (Lipinski definition) is 1. The lowest BCUT2D eigenvalue weighted by Gasteiger charge is -2.45. The second-order valence-corrected chi connectivity index (χ2v) is 8.27. The van der Waals surface area contributed by atoms with Gasteiger partial charge < -0.3 is 15.0 Å². The minimum atomic E-state index is -0.368. The van der Waals surface area contributed by atoms with Crippen LogP contribution in [0.25, 0.3) is 0 Å². The van der Waals surface area contributed by atoms with Crippen molar-refractivity contribution in [3.63, 3.8) is 0 Å². The van der Waals surface area contributed by atoms with E-state index in [1.54, 1.807) is 7.11 Å². The summed E-state index contributed by atoms with van der Waals surface area (Å²) in [4.78, 5) is 27.0. The minimum Gasteiger partial charge on any atom is -0.497 e. The fraction of sp³-hybridized carbons (Fsp3) is 0.619. The van der Waals surface area contributed by atoms with Gasteiger partial charge in [0.05, 0.1) is 12.5 Å². The molecule has 0 spiro atoms. The molecule has 4 rings (SSSR count). The van der Waals surface area contributed by atoms with E-state index in [2.05, 4.69) is 5.32 Å². The van der Waals surface area contributed by atoms with Gasteiger partial charge in [-0.3, -0.25) is 9.59 Å². The quantitative estimate of drug-likeness (QED) is 0.882. The van der Waals surface area contributed by atoms with Gasteiger partial charge in [0.1, 0.15) is 5.75 Å². The number of rotatable bonds is 5. The second-order valence-electron chi connectivity index (χ2n) is 8.27. The van der Waals surface area contributed by atoms with E-state index in [9.17, 15) is 9.59 Å². The van der Waals surface area contributed by atoms with Gasteiger partial charge in [-0.25, -0.2) is 0 Å². The summed E-state index contributed by atoms with van der Waals surface area (Å²) < 4.78 is 5.22. The van der Waals surface area contributed by atoms with Crippen LogP contribution in [0.3, 0.4) is 0 Å². The maximum absolute atomic E-state index is 13.0. The van der Waals surface area contributed by atoms with Crippen LogP contribution in [0.4, 0.5) is 0 Å². The van der Waals surface area contributed by atoms with Crippen molar-refractivity contribution in [2.45, 2.75) is 56.4 Å². The molecule has 1 saturated heterocycles. The largest absolute Gasteiger partial charge is 0.497 e. The number of carbonyl (C=O) groups excluding carboxylic acids is 2. The molecular formula is C21H28N2O3. The number of ether oxygens (including phenoxy) is 1. The van der Waals surface area contributed by atoms with Crippen LogP contribution in [0.5, 0.6) is 5.75 Å². The maximum atomic E-state index is 13.0. The lowest BCUT2D eigenvalue weighted by Crippen LogP contribution is -2.55. The number of nitrogens with one attached hydrogen (secondary N) is 1. The number of fused-ring (bicyclic) bond motifs is 1. The predicted octanol–water partition coefficient (Wildman–Crippen LogP) is 2.63. The summed E-state index contributed by atoms with van der Waals surface area (Å²) in [6, 6.07) is 8.15. The zero-order valence-corrected chi connectivity index (χ0v) is 15.7. The normalized spacial score (nSPS) is 29.2. The van der Waals surface area contributed by atoms with E-state index in [1.165, 1.54) is 0 Å². The molecule has 1 aromatic carbocycles. The van der Waals surface area contributed by atoms with Crippen LogP contribution >= 0.6 is 0 Å². The van der Waals surface area contributed by atoms with Crippen LogP contribution in [0, 0.1) is 5.41 Å². The molecule has 2 aliphatic carbocycles. The van der Waals surface area contributed by atoms with Crippen molar-refractivity contribution >= 4 is 11.8 Å². The number of carbonyl (C=O) groups is 2. The van der Waals surface area contributed by atoms with Crippen LogP contribution in [0.15, 0.2) is 24.3 Å². The number of methoxy groups -OCH3 is 1. The zero-order valence-electron chi connectivity index (χ0n) is 15.7. The van der Waals surface area contributed by atoms with Gasteiger partial charge in [0.15, 0.2) is 0 Å². The summed E-state index contributed by atoms with van der Waals surface area (Å²) in [5, 5.41) is 3.27. The number of benzene rings is 1. The summed E-state index contributed by atoms with van der Waals surface area (Å²) in [5.74, 6) is 1.20. The molecule has 2 saturated carbocycles. The van der Waals surface area contributed by atoms with Gasteiger partial charge in [-0.2, -0.15) is 0 Å². The average Bonchev–Trinajstić information content (AvgIpc) is 3.37. The molecule has 0 aromatic heterocycles. The molecule has 140 valence electrons. The van der Waals surface area contributed by atoms with Gasteiger partial charge in [0, 0.05) is 31.5 Å². The fourth-order valence-electron chi connectivity index (χ4n) is 5.12. The summed E-state index contributed by atoms with van der Waals surface area (Å²) >= 11 is 0. The molecule has 0 radical (unpaired) electrons. The highest BCUT2D eigenvalue weighted by atomic mass is 16.5. The Morgan fingerprint density at radius 3 is 2.62 bits per heavy atom. The molecular weight excluding hydrogens is 328 g/mol. The number of nitrogens with zero attached hydrogens (tertiary/aromatic N) is 1. The summed E-state index contributed by atoms with van der Waals surface area (Å²) in [6.07, 6.45) is 6.61. The number of hydrogen-bond acceptors (Lipinski definition) is 3. The Balaban J connectivity index is 1.46. The van der Waals surface area contributed by atoms with Crippen LogP contribution in [0.2, 0.25) is 0 Å². The molecule has 1 heterocycles. The Hall–Kier alpha value is -2.04. The van der Waals surface area contributed by atoms with E-state index < -0.39 is 0 Å².